The summed E-state index contributed by atoms with van der Waals surface area (Å²) in [5, 5.41) is 4.59. The first-order valence-electron chi connectivity index (χ1n) is 6.00. The second-order valence-corrected chi connectivity index (χ2v) is 4.93. The quantitative estimate of drug-likeness (QED) is 0.503. The van der Waals surface area contributed by atoms with E-state index in [-0.39, 0.29) is 18.0 Å². The zero-order chi connectivity index (χ0) is 14.5. The SMILES string of the molecule is CCOC(=O)c1cnc(SCc2cnn(C)c2)nc1N. The molecule has 0 aromatic carbocycles. The largest absolute Gasteiger partial charge is 0.462 e. The van der Waals surface area contributed by atoms with E-state index in [2.05, 4.69) is 15.1 Å². The van der Waals surface area contributed by atoms with Crippen LogP contribution in [0.1, 0.15) is 22.8 Å². The number of hydrogen-bond acceptors (Lipinski definition) is 7. The first kappa shape index (κ1) is 14.3. The van der Waals surface area contributed by atoms with Crippen LogP contribution in [-0.4, -0.2) is 32.3 Å². The van der Waals surface area contributed by atoms with E-state index in [4.69, 9.17) is 10.5 Å². The highest BCUT2D eigenvalue weighted by atomic mass is 32.2. The summed E-state index contributed by atoms with van der Waals surface area (Å²) in [6.07, 6.45) is 5.10. The fraction of sp³-hybridized carbons (Fsp3) is 0.333. The summed E-state index contributed by atoms with van der Waals surface area (Å²) in [6.45, 7) is 2.02. The molecule has 0 atom stereocenters. The number of hydrogen-bond donors (Lipinski definition) is 1. The number of thioether (sulfide) groups is 1. The van der Waals surface area contributed by atoms with Gasteiger partial charge in [-0.05, 0) is 6.92 Å². The fourth-order valence-corrected chi connectivity index (χ4v) is 2.24. The van der Waals surface area contributed by atoms with E-state index < -0.39 is 5.97 Å². The Morgan fingerprint density at radius 3 is 2.90 bits per heavy atom. The standard InChI is InChI=1S/C12H15N5O2S/c1-3-19-11(18)9-5-14-12(16-10(9)13)20-7-8-4-15-17(2)6-8/h4-6H,3,7H2,1-2H3,(H2,13,14,16). The van der Waals surface area contributed by atoms with Gasteiger partial charge in [-0.2, -0.15) is 5.10 Å². The number of esters is 1. The molecule has 0 bridgehead atoms. The van der Waals surface area contributed by atoms with Gasteiger partial charge in [0.15, 0.2) is 5.16 Å². The summed E-state index contributed by atoms with van der Waals surface area (Å²) in [6, 6.07) is 0. The second kappa shape index (κ2) is 6.38. The molecule has 20 heavy (non-hydrogen) atoms. The third kappa shape index (κ3) is 3.47. The van der Waals surface area contributed by atoms with Crippen molar-refractivity contribution < 1.29 is 9.53 Å². The summed E-state index contributed by atoms with van der Waals surface area (Å²) in [5.74, 6) is 0.312. The molecule has 2 rings (SSSR count). The van der Waals surface area contributed by atoms with Gasteiger partial charge >= 0.3 is 5.97 Å². The highest BCUT2D eigenvalue weighted by Gasteiger charge is 2.13. The summed E-state index contributed by atoms with van der Waals surface area (Å²) in [7, 11) is 1.86. The molecule has 0 unspecified atom stereocenters. The van der Waals surface area contributed by atoms with Crippen LogP contribution in [0.5, 0.6) is 0 Å². The van der Waals surface area contributed by atoms with E-state index in [1.165, 1.54) is 18.0 Å². The maximum Gasteiger partial charge on any atom is 0.343 e. The lowest BCUT2D eigenvalue weighted by molar-refractivity contribution is 0.0526. The molecule has 0 radical (unpaired) electrons. The fourth-order valence-electron chi connectivity index (χ4n) is 1.51. The molecule has 106 valence electrons. The monoisotopic (exact) mass is 293 g/mol. The normalized spacial score (nSPS) is 10.5. The van der Waals surface area contributed by atoms with Crippen molar-refractivity contribution in [2.75, 3.05) is 12.3 Å². The molecule has 8 heteroatoms. The lowest BCUT2D eigenvalue weighted by atomic mass is 10.3. The van der Waals surface area contributed by atoms with Crippen molar-refractivity contribution in [3.05, 3.63) is 29.7 Å². The van der Waals surface area contributed by atoms with Crippen molar-refractivity contribution in [1.82, 2.24) is 19.7 Å². The van der Waals surface area contributed by atoms with Crippen LogP contribution in [0.4, 0.5) is 5.82 Å². The Morgan fingerprint density at radius 2 is 2.30 bits per heavy atom. The van der Waals surface area contributed by atoms with Crippen molar-refractivity contribution in [1.29, 1.82) is 0 Å². The molecular weight excluding hydrogens is 278 g/mol. The lowest BCUT2D eigenvalue weighted by Gasteiger charge is -2.05. The minimum absolute atomic E-state index is 0.132. The zero-order valence-electron chi connectivity index (χ0n) is 11.2. The van der Waals surface area contributed by atoms with Gasteiger partial charge in [-0.15, -0.1) is 0 Å². The van der Waals surface area contributed by atoms with Gasteiger partial charge in [0, 0.05) is 30.8 Å². The average molecular weight is 293 g/mol. The molecular formula is C12H15N5O2S. The van der Waals surface area contributed by atoms with Crippen molar-refractivity contribution >= 4 is 23.5 Å². The first-order valence-corrected chi connectivity index (χ1v) is 6.98. The summed E-state index contributed by atoms with van der Waals surface area (Å²) >= 11 is 1.43. The number of aryl methyl sites for hydroxylation is 1. The van der Waals surface area contributed by atoms with Gasteiger partial charge in [0.2, 0.25) is 0 Å². The van der Waals surface area contributed by atoms with E-state index in [0.717, 1.165) is 5.56 Å². The Labute approximate surface area is 120 Å². The van der Waals surface area contributed by atoms with Gasteiger partial charge in [0.25, 0.3) is 0 Å². The summed E-state index contributed by atoms with van der Waals surface area (Å²) < 4.78 is 6.60. The number of carbonyl (C=O) groups excluding carboxylic acids is 1. The van der Waals surface area contributed by atoms with Gasteiger partial charge in [-0.3, -0.25) is 4.68 Å². The zero-order valence-corrected chi connectivity index (χ0v) is 12.1. The molecule has 0 amide bonds. The van der Waals surface area contributed by atoms with Crippen molar-refractivity contribution in [3.8, 4) is 0 Å². The number of ether oxygens (including phenoxy) is 1. The Bertz CT molecular complexity index is 614. The summed E-state index contributed by atoms with van der Waals surface area (Å²) in [4.78, 5) is 19.8. The predicted molar refractivity (Wildman–Crippen MR) is 75.2 cm³/mol. The molecule has 7 nitrogen and oxygen atoms in total. The van der Waals surface area contributed by atoms with E-state index in [9.17, 15) is 4.79 Å². The molecule has 0 spiro atoms. The van der Waals surface area contributed by atoms with E-state index in [1.807, 2.05) is 13.2 Å². The van der Waals surface area contributed by atoms with Gasteiger partial charge in [-0.25, -0.2) is 14.8 Å². The van der Waals surface area contributed by atoms with Crippen LogP contribution >= 0.6 is 11.8 Å². The maximum atomic E-state index is 11.6. The lowest BCUT2D eigenvalue weighted by Crippen LogP contribution is -2.10. The van der Waals surface area contributed by atoms with Crippen LogP contribution in [0, 0.1) is 0 Å². The smallest absolute Gasteiger partial charge is 0.343 e. The number of carbonyl (C=O) groups is 1. The molecule has 2 aromatic heterocycles. The number of rotatable bonds is 5. The molecule has 0 aliphatic rings. The highest BCUT2D eigenvalue weighted by molar-refractivity contribution is 7.98. The van der Waals surface area contributed by atoms with Crippen LogP contribution in [0.2, 0.25) is 0 Å². The molecule has 2 aromatic rings. The van der Waals surface area contributed by atoms with Crippen LogP contribution in [-0.2, 0) is 17.5 Å². The molecule has 2 N–H and O–H groups in total. The van der Waals surface area contributed by atoms with Crippen molar-refractivity contribution in [2.45, 2.75) is 17.8 Å². The molecule has 0 fully saturated rings. The van der Waals surface area contributed by atoms with E-state index >= 15 is 0 Å². The number of nitrogen functional groups attached to an aromatic ring is 1. The second-order valence-electron chi connectivity index (χ2n) is 3.98. The number of anilines is 1. The molecule has 0 aliphatic heterocycles. The van der Waals surface area contributed by atoms with Crippen LogP contribution in [0.15, 0.2) is 23.7 Å². The first-order chi connectivity index (χ1) is 9.60. The third-order valence-electron chi connectivity index (χ3n) is 2.42. The van der Waals surface area contributed by atoms with Crippen LogP contribution in [0.25, 0.3) is 0 Å². The minimum atomic E-state index is -0.506. The predicted octanol–water partition coefficient (Wildman–Crippen LogP) is 1.26. The third-order valence-corrected chi connectivity index (χ3v) is 3.35. The molecule has 0 saturated carbocycles. The Balaban J connectivity index is 2.03. The molecule has 0 aliphatic carbocycles. The topological polar surface area (TPSA) is 95.9 Å². The van der Waals surface area contributed by atoms with Gasteiger partial charge < -0.3 is 10.5 Å². The van der Waals surface area contributed by atoms with Crippen molar-refractivity contribution in [3.63, 3.8) is 0 Å². The van der Waals surface area contributed by atoms with Gasteiger partial charge in [0.1, 0.15) is 11.4 Å². The van der Waals surface area contributed by atoms with E-state index in [0.29, 0.717) is 10.9 Å². The summed E-state index contributed by atoms with van der Waals surface area (Å²) in [5.41, 5.74) is 7.00. The average Bonchev–Trinajstić information content (AvgIpc) is 2.82. The Morgan fingerprint density at radius 1 is 1.50 bits per heavy atom. The molecule has 2 heterocycles. The Kier molecular flexibility index (Phi) is 4.57. The van der Waals surface area contributed by atoms with E-state index in [1.54, 1.807) is 17.8 Å². The van der Waals surface area contributed by atoms with Crippen LogP contribution in [0.3, 0.4) is 0 Å². The van der Waals surface area contributed by atoms with Crippen molar-refractivity contribution in [2.24, 2.45) is 7.05 Å². The number of nitrogens with two attached hydrogens (primary N) is 1. The number of nitrogens with zero attached hydrogens (tertiary/aromatic N) is 4. The number of aromatic nitrogens is 4. The van der Waals surface area contributed by atoms with Crippen LogP contribution < -0.4 is 5.73 Å². The maximum absolute atomic E-state index is 11.6. The molecule has 0 saturated heterocycles. The Hall–Kier alpha value is -2.09. The van der Waals surface area contributed by atoms with Gasteiger partial charge in [-0.1, -0.05) is 11.8 Å². The highest BCUT2D eigenvalue weighted by Crippen LogP contribution is 2.20. The van der Waals surface area contributed by atoms with Gasteiger partial charge in [0.05, 0.1) is 12.8 Å². The minimum Gasteiger partial charge on any atom is -0.462 e.